The quantitative estimate of drug-likeness (QED) is 0.598. The molecule has 0 aliphatic heterocycles. The SMILES string of the molecule is N#Cc1ccccc1/C=C/C(=O)Nc1nc(-c2ccccc2OC(F)F)cs1. The predicted molar refractivity (Wildman–Crippen MR) is 103 cm³/mol. The van der Waals surface area contributed by atoms with Crippen LogP contribution in [0.3, 0.4) is 0 Å². The third-order valence-electron chi connectivity index (χ3n) is 3.61. The Kier molecular flexibility index (Phi) is 6.09. The van der Waals surface area contributed by atoms with E-state index in [0.717, 1.165) is 11.3 Å². The zero-order valence-corrected chi connectivity index (χ0v) is 15.1. The van der Waals surface area contributed by atoms with E-state index >= 15 is 0 Å². The van der Waals surface area contributed by atoms with Crippen LogP contribution in [0.2, 0.25) is 0 Å². The number of benzene rings is 2. The van der Waals surface area contributed by atoms with Crippen LogP contribution in [0.1, 0.15) is 11.1 Å². The van der Waals surface area contributed by atoms with Gasteiger partial charge in [-0.1, -0.05) is 30.3 Å². The Morgan fingerprint density at radius 3 is 2.75 bits per heavy atom. The lowest BCUT2D eigenvalue weighted by Gasteiger charge is -2.08. The molecule has 0 fully saturated rings. The number of halogens is 2. The van der Waals surface area contributed by atoms with E-state index in [4.69, 9.17) is 5.26 Å². The lowest BCUT2D eigenvalue weighted by molar-refractivity contribution is -0.111. The van der Waals surface area contributed by atoms with Gasteiger partial charge in [-0.15, -0.1) is 11.3 Å². The minimum Gasteiger partial charge on any atom is -0.434 e. The van der Waals surface area contributed by atoms with E-state index in [1.807, 2.05) is 0 Å². The second-order valence-electron chi connectivity index (χ2n) is 5.43. The molecule has 140 valence electrons. The summed E-state index contributed by atoms with van der Waals surface area (Å²) in [6.07, 6.45) is 2.83. The zero-order chi connectivity index (χ0) is 19.9. The molecule has 0 unspecified atom stereocenters. The molecule has 1 N–H and O–H groups in total. The molecule has 3 aromatic rings. The van der Waals surface area contributed by atoms with E-state index in [1.54, 1.807) is 47.8 Å². The summed E-state index contributed by atoms with van der Waals surface area (Å²) in [5.41, 5.74) is 1.89. The topological polar surface area (TPSA) is 75.0 Å². The van der Waals surface area contributed by atoms with Gasteiger partial charge in [0.05, 0.1) is 17.3 Å². The molecule has 0 saturated heterocycles. The monoisotopic (exact) mass is 397 g/mol. The minimum atomic E-state index is -2.94. The highest BCUT2D eigenvalue weighted by molar-refractivity contribution is 7.14. The van der Waals surface area contributed by atoms with Crippen molar-refractivity contribution in [2.45, 2.75) is 6.61 Å². The van der Waals surface area contributed by atoms with Gasteiger partial charge in [-0.2, -0.15) is 14.0 Å². The van der Waals surface area contributed by atoms with E-state index in [1.165, 1.54) is 18.2 Å². The van der Waals surface area contributed by atoms with E-state index in [2.05, 4.69) is 21.1 Å². The van der Waals surface area contributed by atoms with Gasteiger partial charge in [-0.25, -0.2) is 4.98 Å². The molecule has 0 radical (unpaired) electrons. The second-order valence-corrected chi connectivity index (χ2v) is 6.29. The van der Waals surface area contributed by atoms with Crippen LogP contribution in [0.15, 0.2) is 60.0 Å². The van der Waals surface area contributed by atoms with Crippen LogP contribution >= 0.6 is 11.3 Å². The van der Waals surface area contributed by atoms with Gasteiger partial charge in [-0.3, -0.25) is 10.1 Å². The fraction of sp³-hybridized carbons (Fsp3) is 0.0500. The third-order valence-corrected chi connectivity index (χ3v) is 4.37. The van der Waals surface area contributed by atoms with E-state index in [9.17, 15) is 13.6 Å². The normalized spacial score (nSPS) is 10.8. The van der Waals surface area contributed by atoms with Crippen molar-refractivity contribution in [1.82, 2.24) is 4.98 Å². The van der Waals surface area contributed by atoms with Crippen molar-refractivity contribution in [1.29, 1.82) is 5.26 Å². The summed E-state index contributed by atoms with van der Waals surface area (Å²) in [6.45, 7) is -2.94. The molecule has 8 heteroatoms. The maximum atomic E-state index is 12.5. The average Bonchev–Trinajstić information content (AvgIpc) is 3.14. The molecule has 0 saturated carbocycles. The summed E-state index contributed by atoms with van der Waals surface area (Å²) in [5, 5.41) is 13.6. The van der Waals surface area contributed by atoms with Crippen molar-refractivity contribution in [3.63, 3.8) is 0 Å². The van der Waals surface area contributed by atoms with Crippen molar-refractivity contribution in [2.24, 2.45) is 0 Å². The first-order valence-electron chi connectivity index (χ1n) is 8.05. The predicted octanol–water partition coefficient (Wildman–Crippen LogP) is 4.94. The second kappa shape index (κ2) is 8.88. The van der Waals surface area contributed by atoms with Crippen molar-refractivity contribution in [3.8, 4) is 23.1 Å². The molecule has 0 spiro atoms. The highest BCUT2D eigenvalue weighted by Gasteiger charge is 2.14. The maximum Gasteiger partial charge on any atom is 0.387 e. The number of alkyl halides is 2. The number of amides is 1. The fourth-order valence-corrected chi connectivity index (χ4v) is 3.10. The van der Waals surface area contributed by atoms with Gasteiger partial charge >= 0.3 is 6.61 Å². The molecule has 5 nitrogen and oxygen atoms in total. The molecule has 0 atom stereocenters. The van der Waals surface area contributed by atoms with Crippen LogP contribution in [0.4, 0.5) is 13.9 Å². The highest BCUT2D eigenvalue weighted by Crippen LogP contribution is 2.33. The van der Waals surface area contributed by atoms with E-state index < -0.39 is 12.5 Å². The Morgan fingerprint density at radius 2 is 1.96 bits per heavy atom. The minimum absolute atomic E-state index is 0.00804. The molecule has 1 heterocycles. The van der Waals surface area contributed by atoms with Gasteiger partial charge in [0.2, 0.25) is 5.91 Å². The first kappa shape index (κ1) is 19.2. The number of anilines is 1. The standard InChI is InChI=1S/C20H13F2N3O2S/c21-19(22)27-17-8-4-3-7-15(17)16-12-28-20(24-16)25-18(26)10-9-13-5-1-2-6-14(13)11-23/h1-10,12,19H,(H,24,25,26)/b10-9+. The number of ether oxygens (including phenoxy) is 1. The van der Waals surface area contributed by atoms with Gasteiger partial charge in [-0.05, 0) is 29.8 Å². The van der Waals surface area contributed by atoms with Crippen LogP contribution in [-0.4, -0.2) is 17.5 Å². The number of nitriles is 1. The first-order valence-corrected chi connectivity index (χ1v) is 8.92. The largest absolute Gasteiger partial charge is 0.434 e. The van der Waals surface area contributed by atoms with Crippen LogP contribution in [0.25, 0.3) is 17.3 Å². The smallest absolute Gasteiger partial charge is 0.387 e. The lowest BCUT2D eigenvalue weighted by atomic mass is 10.1. The van der Waals surface area contributed by atoms with Gasteiger partial charge in [0.1, 0.15) is 5.75 Å². The Morgan fingerprint density at radius 1 is 1.21 bits per heavy atom. The number of nitrogens with zero attached hydrogens (tertiary/aromatic N) is 2. The summed E-state index contributed by atoms with van der Waals surface area (Å²) in [6, 6.07) is 15.2. The van der Waals surface area contributed by atoms with Gasteiger partial charge in [0.25, 0.3) is 0 Å². The van der Waals surface area contributed by atoms with Crippen molar-refractivity contribution in [3.05, 3.63) is 71.1 Å². The van der Waals surface area contributed by atoms with Crippen molar-refractivity contribution in [2.75, 3.05) is 5.32 Å². The average molecular weight is 397 g/mol. The molecule has 1 amide bonds. The number of aromatic nitrogens is 1. The molecular weight excluding hydrogens is 384 g/mol. The Labute approximate surface area is 163 Å². The Balaban J connectivity index is 1.72. The molecule has 3 rings (SSSR count). The first-order chi connectivity index (χ1) is 13.6. The number of rotatable bonds is 6. The number of thiazole rings is 1. The third kappa shape index (κ3) is 4.78. The van der Waals surface area contributed by atoms with Gasteiger partial charge in [0, 0.05) is 17.0 Å². The van der Waals surface area contributed by atoms with Gasteiger partial charge < -0.3 is 4.74 Å². The van der Waals surface area contributed by atoms with Crippen LogP contribution in [0.5, 0.6) is 5.75 Å². The number of hydrogen-bond acceptors (Lipinski definition) is 5. The van der Waals surface area contributed by atoms with Crippen molar-refractivity contribution < 1.29 is 18.3 Å². The molecule has 1 aromatic heterocycles. The Bertz CT molecular complexity index is 1060. The molecule has 0 aliphatic carbocycles. The molecule has 28 heavy (non-hydrogen) atoms. The summed E-state index contributed by atoms with van der Waals surface area (Å²) >= 11 is 1.16. The number of carbonyl (C=O) groups excluding carboxylic acids is 1. The molecular formula is C20H13F2N3O2S. The van der Waals surface area contributed by atoms with Crippen molar-refractivity contribution >= 4 is 28.5 Å². The summed E-state index contributed by atoms with van der Waals surface area (Å²) in [4.78, 5) is 16.4. The molecule has 0 bridgehead atoms. The molecule has 2 aromatic carbocycles. The maximum absolute atomic E-state index is 12.5. The lowest BCUT2D eigenvalue weighted by Crippen LogP contribution is -2.07. The fourth-order valence-electron chi connectivity index (χ4n) is 2.39. The number of carbonyl (C=O) groups is 1. The molecule has 0 aliphatic rings. The summed E-state index contributed by atoms with van der Waals surface area (Å²) < 4.78 is 29.6. The highest BCUT2D eigenvalue weighted by atomic mass is 32.1. The van der Waals surface area contributed by atoms with Crippen LogP contribution in [0, 0.1) is 11.3 Å². The number of hydrogen-bond donors (Lipinski definition) is 1. The number of nitrogens with one attached hydrogen (secondary N) is 1. The zero-order valence-electron chi connectivity index (χ0n) is 14.3. The van der Waals surface area contributed by atoms with Crippen LogP contribution in [-0.2, 0) is 4.79 Å². The van der Waals surface area contributed by atoms with Gasteiger partial charge in [0.15, 0.2) is 5.13 Å². The van der Waals surface area contributed by atoms with Crippen LogP contribution < -0.4 is 10.1 Å². The van der Waals surface area contributed by atoms with E-state index in [-0.39, 0.29) is 5.75 Å². The summed E-state index contributed by atoms with van der Waals surface area (Å²) in [5.74, 6) is -0.417. The number of para-hydroxylation sites is 1. The Hall–Kier alpha value is -3.57. The van der Waals surface area contributed by atoms with E-state index in [0.29, 0.717) is 27.5 Å². The summed E-state index contributed by atoms with van der Waals surface area (Å²) in [7, 11) is 0.